The number of nitrogens with zero attached hydrogens (tertiary/aromatic N) is 1. The summed E-state index contributed by atoms with van der Waals surface area (Å²) >= 11 is 11.5. The van der Waals surface area contributed by atoms with Crippen molar-refractivity contribution >= 4 is 46.5 Å². The third-order valence-electron chi connectivity index (χ3n) is 2.46. The Labute approximate surface area is 122 Å². The fourth-order valence-corrected chi connectivity index (χ4v) is 2.06. The molecule has 106 valence electrons. The number of carboxylic acid groups (broad SMARTS) is 1. The summed E-state index contributed by atoms with van der Waals surface area (Å²) in [5.41, 5.74) is -0.242. The normalized spacial score (nSPS) is 17.4. The highest BCUT2D eigenvalue weighted by atomic mass is 35.5. The van der Waals surface area contributed by atoms with Crippen LogP contribution in [0.2, 0.25) is 10.0 Å². The molecule has 0 aliphatic carbocycles. The first-order valence-electron chi connectivity index (χ1n) is 5.30. The number of benzene rings is 1. The summed E-state index contributed by atoms with van der Waals surface area (Å²) < 4.78 is 13.0. The number of hydrogen-bond acceptors (Lipinski definition) is 4. The van der Waals surface area contributed by atoms with Crippen LogP contribution >= 0.6 is 23.2 Å². The molecule has 1 heterocycles. The predicted molar refractivity (Wildman–Crippen MR) is 69.6 cm³/mol. The van der Waals surface area contributed by atoms with Crippen molar-refractivity contribution in [3.8, 4) is 0 Å². The smallest absolute Gasteiger partial charge is 0.353 e. The van der Waals surface area contributed by atoms with Gasteiger partial charge in [-0.2, -0.15) is 0 Å². The van der Waals surface area contributed by atoms with Gasteiger partial charge in [-0.15, -0.1) is 0 Å². The van der Waals surface area contributed by atoms with E-state index in [1.165, 1.54) is 0 Å². The van der Waals surface area contributed by atoms with Crippen molar-refractivity contribution in [3.63, 3.8) is 0 Å². The van der Waals surface area contributed by atoms with Gasteiger partial charge in [0.1, 0.15) is 5.82 Å². The summed E-state index contributed by atoms with van der Waals surface area (Å²) in [6, 6.07) is 1.97. The molecule has 1 unspecified atom stereocenters. The van der Waals surface area contributed by atoms with E-state index in [4.69, 9.17) is 33.1 Å². The van der Waals surface area contributed by atoms with Crippen LogP contribution in [0, 0.1) is 5.82 Å². The summed E-state index contributed by atoms with van der Waals surface area (Å²) in [4.78, 5) is 27.2. The second-order valence-corrected chi connectivity index (χ2v) is 4.69. The zero-order valence-electron chi connectivity index (χ0n) is 9.69. The molecular weight excluding hydrogens is 314 g/mol. The third-order valence-corrected chi connectivity index (χ3v) is 3.06. The maximum atomic E-state index is 13.0. The molecule has 20 heavy (non-hydrogen) atoms. The van der Waals surface area contributed by atoms with Crippen LogP contribution in [0.4, 0.5) is 10.1 Å². The Hall–Kier alpha value is -1.86. The molecule has 1 aliphatic heterocycles. The zero-order valence-corrected chi connectivity index (χ0v) is 11.2. The van der Waals surface area contributed by atoms with E-state index in [0.717, 1.165) is 12.1 Å². The SMILES string of the molecule is O=C(O)C1=NOC(C(=O)Nc2c(Cl)cc(F)cc2Cl)C1. The largest absolute Gasteiger partial charge is 0.477 e. The monoisotopic (exact) mass is 320 g/mol. The lowest BCUT2D eigenvalue weighted by atomic mass is 10.1. The van der Waals surface area contributed by atoms with E-state index in [1.54, 1.807) is 0 Å². The van der Waals surface area contributed by atoms with Crippen LogP contribution in [0.5, 0.6) is 0 Å². The van der Waals surface area contributed by atoms with Gasteiger partial charge in [-0.05, 0) is 12.1 Å². The molecule has 1 amide bonds. The number of oxime groups is 1. The molecule has 2 rings (SSSR count). The van der Waals surface area contributed by atoms with Crippen LogP contribution in [0.3, 0.4) is 0 Å². The maximum Gasteiger partial charge on any atom is 0.353 e. The summed E-state index contributed by atoms with van der Waals surface area (Å²) in [5, 5.41) is 14.1. The average Bonchev–Trinajstić information content (AvgIpc) is 2.83. The van der Waals surface area contributed by atoms with Crippen molar-refractivity contribution in [1.29, 1.82) is 0 Å². The van der Waals surface area contributed by atoms with Crippen LogP contribution in [0.25, 0.3) is 0 Å². The number of rotatable bonds is 3. The number of carbonyl (C=O) groups is 2. The van der Waals surface area contributed by atoms with Gasteiger partial charge in [0, 0.05) is 6.42 Å². The Morgan fingerprint density at radius 1 is 1.40 bits per heavy atom. The van der Waals surface area contributed by atoms with Crippen LogP contribution in [-0.4, -0.2) is 28.8 Å². The lowest BCUT2D eigenvalue weighted by Crippen LogP contribution is -2.29. The van der Waals surface area contributed by atoms with Crippen LogP contribution in [-0.2, 0) is 14.4 Å². The number of hydrogen-bond donors (Lipinski definition) is 2. The lowest BCUT2D eigenvalue weighted by molar-refractivity contribution is -0.129. The van der Waals surface area contributed by atoms with Crippen molar-refractivity contribution in [1.82, 2.24) is 0 Å². The Morgan fingerprint density at radius 2 is 2.00 bits per heavy atom. The Morgan fingerprint density at radius 3 is 2.50 bits per heavy atom. The minimum Gasteiger partial charge on any atom is -0.477 e. The molecular formula is C11H7Cl2FN2O4. The average molecular weight is 321 g/mol. The minimum absolute atomic E-state index is 0.0205. The number of amides is 1. The summed E-state index contributed by atoms with van der Waals surface area (Å²) in [5.74, 6) is -2.59. The van der Waals surface area contributed by atoms with Crippen LogP contribution in [0.15, 0.2) is 17.3 Å². The fraction of sp³-hybridized carbons (Fsp3) is 0.182. The highest BCUT2D eigenvalue weighted by molar-refractivity contribution is 6.40. The molecule has 1 aromatic rings. The van der Waals surface area contributed by atoms with E-state index in [9.17, 15) is 14.0 Å². The number of nitrogens with one attached hydrogen (secondary N) is 1. The molecule has 1 aromatic carbocycles. The van der Waals surface area contributed by atoms with Crippen molar-refractivity contribution < 1.29 is 23.9 Å². The predicted octanol–water partition coefficient (Wildman–Crippen LogP) is 2.30. The molecule has 0 bridgehead atoms. The summed E-state index contributed by atoms with van der Waals surface area (Å²) in [6.07, 6.45) is -1.28. The van der Waals surface area contributed by atoms with E-state index in [1.807, 2.05) is 0 Å². The van der Waals surface area contributed by atoms with Crippen molar-refractivity contribution in [2.24, 2.45) is 5.16 Å². The first-order chi connectivity index (χ1) is 9.38. The van der Waals surface area contributed by atoms with E-state index >= 15 is 0 Å². The number of anilines is 1. The van der Waals surface area contributed by atoms with Gasteiger partial charge in [0.25, 0.3) is 5.91 Å². The van der Waals surface area contributed by atoms with Gasteiger partial charge >= 0.3 is 5.97 Å². The zero-order chi connectivity index (χ0) is 14.9. The molecule has 2 N–H and O–H groups in total. The molecule has 0 spiro atoms. The van der Waals surface area contributed by atoms with Crippen molar-refractivity contribution in [2.45, 2.75) is 12.5 Å². The van der Waals surface area contributed by atoms with Gasteiger partial charge in [0.2, 0.25) is 6.10 Å². The Balaban J connectivity index is 2.09. The molecule has 1 atom stereocenters. The highest BCUT2D eigenvalue weighted by Gasteiger charge is 2.32. The van der Waals surface area contributed by atoms with Gasteiger partial charge in [0.15, 0.2) is 5.71 Å². The van der Waals surface area contributed by atoms with Gasteiger partial charge in [-0.1, -0.05) is 28.4 Å². The first-order valence-corrected chi connectivity index (χ1v) is 6.05. The third kappa shape index (κ3) is 3.00. The second kappa shape index (κ2) is 5.64. The Kier molecular flexibility index (Phi) is 4.10. The lowest BCUT2D eigenvalue weighted by Gasteiger charge is -2.12. The molecule has 0 saturated heterocycles. The summed E-state index contributed by atoms with van der Waals surface area (Å²) in [7, 11) is 0. The number of carbonyl (C=O) groups excluding carboxylic acids is 1. The first kappa shape index (κ1) is 14.5. The van der Waals surface area contributed by atoms with E-state index in [0.29, 0.717) is 0 Å². The van der Waals surface area contributed by atoms with Crippen molar-refractivity contribution in [3.05, 3.63) is 28.0 Å². The molecule has 6 nitrogen and oxygen atoms in total. The van der Waals surface area contributed by atoms with E-state index < -0.39 is 23.8 Å². The van der Waals surface area contributed by atoms with Crippen LogP contribution in [0.1, 0.15) is 6.42 Å². The molecule has 0 radical (unpaired) electrons. The summed E-state index contributed by atoms with van der Waals surface area (Å²) in [6.45, 7) is 0. The highest BCUT2D eigenvalue weighted by Crippen LogP contribution is 2.31. The Bertz CT molecular complexity index is 597. The molecule has 9 heteroatoms. The second-order valence-electron chi connectivity index (χ2n) is 3.87. The molecule has 1 aliphatic rings. The van der Waals surface area contributed by atoms with Gasteiger partial charge in [0.05, 0.1) is 15.7 Å². The van der Waals surface area contributed by atoms with E-state index in [2.05, 4.69) is 10.5 Å². The van der Waals surface area contributed by atoms with E-state index in [-0.39, 0.29) is 27.9 Å². The van der Waals surface area contributed by atoms with Gasteiger partial charge in [-0.25, -0.2) is 9.18 Å². The quantitative estimate of drug-likeness (QED) is 0.894. The standard InChI is InChI=1S/C11H7Cl2FN2O4/c12-5-1-4(14)2-6(13)9(5)15-10(17)8-3-7(11(18)19)16-20-8/h1-2,8H,3H2,(H,15,17)(H,18,19). The van der Waals surface area contributed by atoms with Gasteiger partial charge in [-0.3, -0.25) is 4.79 Å². The molecule has 0 fully saturated rings. The molecule has 0 saturated carbocycles. The van der Waals surface area contributed by atoms with Crippen LogP contribution < -0.4 is 5.32 Å². The topological polar surface area (TPSA) is 88.0 Å². The molecule has 0 aromatic heterocycles. The number of carboxylic acids is 1. The minimum atomic E-state index is -1.27. The maximum absolute atomic E-state index is 13.0. The number of halogens is 3. The van der Waals surface area contributed by atoms with Crippen molar-refractivity contribution in [2.75, 3.05) is 5.32 Å². The van der Waals surface area contributed by atoms with Gasteiger partial charge < -0.3 is 15.3 Å². The number of aliphatic carboxylic acids is 1. The fourth-order valence-electron chi connectivity index (χ4n) is 1.51.